The average Bonchev–Trinajstić information content (AvgIpc) is 3.07. The van der Waals surface area contributed by atoms with Gasteiger partial charge in [-0.25, -0.2) is 18.3 Å². The van der Waals surface area contributed by atoms with Crippen molar-refractivity contribution < 1.29 is 13.6 Å². The number of hydrogen-bond donors (Lipinski definition) is 2. The van der Waals surface area contributed by atoms with E-state index in [1.165, 1.54) is 6.20 Å². The van der Waals surface area contributed by atoms with E-state index in [1.807, 2.05) is 12.1 Å². The van der Waals surface area contributed by atoms with E-state index in [4.69, 9.17) is 0 Å². The number of alkyl halides is 1. The summed E-state index contributed by atoms with van der Waals surface area (Å²) >= 11 is 0. The molecule has 0 bridgehead atoms. The van der Waals surface area contributed by atoms with E-state index in [1.54, 1.807) is 29.0 Å². The fourth-order valence-corrected chi connectivity index (χ4v) is 3.02. The molecule has 4 aromatic heterocycles. The first-order valence-electron chi connectivity index (χ1n) is 8.16. The third kappa shape index (κ3) is 2.42. The maximum Gasteiger partial charge on any atom is 0.231 e. The van der Waals surface area contributed by atoms with Crippen molar-refractivity contribution in [1.29, 1.82) is 0 Å². The van der Waals surface area contributed by atoms with Crippen LogP contribution in [0.15, 0.2) is 42.9 Å². The fourth-order valence-electron chi connectivity index (χ4n) is 3.02. The van der Waals surface area contributed by atoms with E-state index in [-0.39, 0.29) is 18.1 Å². The van der Waals surface area contributed by atoms with Gasteiger partial charge in [-0.3, -0.25) is 4.79 Å². The van der Waals surface area contributed by atoms with Gasteiger partial charge in [-0.15, -0.1) is 0 Å². The topological polar surface area (TPSA) is 75.1 Å². The molecule has 4 heterocycles. The zero-order chi connectivity index (χ0) is 17.8. The number of fused-ring (bicyclic) bond motifs is 2. The Bertz CT molecular complexity index is 1170. The number of nitrogens with one attached hydrogen (secondary N) is 2. The molecule has 1 amide bonds. The Morgan fingerprint density at radius 1 is 1.31 bits per heavy atom. The van der Waals surface area contributed by atoms with Gasteiger partial charge in [0.1, 0.15) is 17.6 Å². The van der Waals surface area contributed by atoms with Crippen LogP contribution < -0.4 is 5.32 Å². The van der Waals surface area contributed by atoms with E-state index in [2.05, 4.69) is 20.4 Å². The van der Waals surface area contributed by atoms with E-state index in [9.17, 15) is 13.6 Å². The number of carbonyl (C=O) groups is 1. The summed E-state index contributed by atoms with van der Waals surface area (Å²) in [4.78, 5) is 18.8. The summed E-state index contributed by atoms with van der Waals surface area (Å²) in [5.74, 6) is -0.893. The van der Waals surface area contributed by atoms with Gasteiger partial charge < -0.3 is 10.3 Å². The van der Waals surface area contributed by atoms with Crippen molar-refractivity contribution in [3.63, 3.8) is 0 Å². The Morgan fingerprint density at radius 2 is 2.15 bits per heavy atom. The lowest BCUT2D eigenvalue weighted by atomic mass is 10.1. The van der Waals surface area contributed by atoms with Crippen LogP contribution in [-0.4, -0.2) is 31.7 Å². The van der Waals surface area contributed by atoms with Crippen LogP contribution in [0.3, 0.4) is 0 Å². The minimum Gasteiger partial charge on any atom is -0.343 e. The Hall–Kier alpha value is -3.29. The fraction of sp³-hybridized carbons (Fsp3) is 0.167. The van der Waals surface area contributed by atoms with Crippen molar-refractivity contribution in [1.82, 2.24) is 19.6 Å². The number of hydrogen-bond acceptors (Lipinski definition) is 3. The Morgan fingerprint density at radius 3 is 2.96 bits per heavy atom. The second kappa shape index (κ2) is 5.35. The highest BCUT2D eigenvalue weighted by molar-refractivity contribution is 5.94. The highest BCUT2D eigenvalue weighted by atomic mass is 19.1. The Balaban J connectivity index is 1.48. The number of anilines is 1. The van der Waals surface area contributed by atoms with Crippen molar-refractivity contribution in [2.24, 2.45) is 5.92 Å². The predicted molar refractivity (Wildman–Crippen MR) is 91.9 cm³/mol. The lowest BCUT2D eigenvalue weighted by Crippen LogP contribution is -2.15. The van der Waals surface area contributed by atoms with Crippen LogP contribution in [0.4, 0.5) is 14.6 Å². The van der Waals surface area contributed by atoms with Gasteiger partial charge in [0, 0.05) is 30.2 Å². The number of aromatic nitrogens is 4. The smallest absolute Gasteiger partial charge is 0.231 e. The second-order valence-electron chi connectivity index (χ2n) is 6.42. The summed E-state index contributed by atoms with van der Waals surface area (Å²) in [6.45, 7) is 0. The first kappa shape index (κ1) is 15.0. The summed E-state index contributed by atoms with van der Waals surface area (Å²) in [5, 5.41) is 7.32. The first-order chi connectivity index (χ1) is 12.6. The maximum atomic E-state index is 13.8. The monoisotopic (exact) mass is 353 g/mol. The van der Waals surface area contributed by atoms with Crippen LogP contribution in [0.1, 0.15) is 6.42 Å². The van der Waals surface area contributed by atoms with Crippen molar-refractivity contribution in [2.45, 2.75) is 12.6 Å². The normalized spacial score (nSPS) is 19.2. The number of rotatable bonds is 3. The molecule has 1 aliphatic carbocycles. The number of halogens is 2. The minimum absolute atomic E-state index is 0.272. The summed E-state index contributed by atoms with van der Waals surface area (Å²) in [6.07, 6.45) is 3.91. The molecule has 0 aliphatic heterocycles. The van der Waals surface area contributed by atoms with Gasteiger partial charge in [0.2, 0.25) is 5.91 Å². The van der Waals surface area contributed by atoms with E-state index in [0.717, 1.165) is 16.6 Å². The molecule has 1 saturated carbocycles. The van der Waals surface area contributed by atoms with Crippen LogP contribution in [0.2, 0.25) is 0 Å². The van der Waals surface area contributed by atoms with Gasteiger partial charge in [0.05, 0.1) is 16.8 Å². The standard InChI is InChI=1S/C18H13F2N5O/c19-14-6-13(14)18(26)23-16-5-11-3-9(1-2-25(11)24-16)10-4-12-15(20)8-22-17(12)21-7-10/h1-5,7-8,13-14H,6H2,(H,21,22)(H,23,24,26)/t13-,14+/m1/s1. The van der Waals surface area contributed by atoms with Crippen molar-refractivity contribution in [3.8, 4) is 11.1 Å². The van der Waals surface area contributed by atoms with E-state index in [0.29, 0.717) is 16.9 Å². The molecule has 8 heteroatoms. The zero-order valence-electron chi connectivity index (χ0n) is 13.4. The van der Waals surface area contributed by atoms with Gasteiger partial charge >= 0.3 is 0 Å². The molecule has 1 fully saturated rings. The quantitative estimate of drug-likeness (QED) is 0.593. The Labute approximate surface area is 145 Å². The highest BCUT2D eigenvalue weighted by Crippen LogP contribution is 2.34. The lowest BCUT2D eigenvalue weighted by Gasteiger charge is -2.02. The van der Waals surface area contributed by atoms with Crippen LogP contribution in [-0.2, 0) is 4.79 Å². The average molecular weight is 353 g/mol. The third-order valence-electron chi connectivity index (χ3n) is 4.58. The molecule has 0 saturated heterocycles. The predicted octanol–water partition coefficient (Wildman–Crippen LogP) is 3.31. The van der Waals surface area contributed by atoms with Crippen LogP contribution in [0.5, 0.6) is 0 Å². The molecular weight excluding hydrogens is 340 g/mol. The molecule has 26 heavy (non-hydrogen) atoms. The van der Waals surface area contributed by atoms with Crippen LogP contribution in [0.25, 0.3) is 27.7 Å². The van der Waals surface area contributed by atoms with E-state index >= 15 is 0 Å². The minimum atomic E-state index is -1.05. The molecule has 130 valence electrons. The molecule has 6 nitrogen and oxygen atoms in total. The van der Waals surface area contributed by atoms with Gasteiger partial charge in [-0.2, -0.15) is 5.10 Å². The molecule has 0 aromatic carbocycles. The van der Waals surface area contributed by atoms with Gasteiger partial charge in [0.15, 0.2) is 5.82 Å². The molecule has 5 rings (SSSR count). The van der Waals surface area contributed by atoms with Crippen molar-refractivity contribution in [2.75, 3.05) is 5.32 Å². The molecule has 1 aliphatic rings. The second-order valence-corrected chi connectivity index (χ2v) is 6.42. The Kier molecular flexibility index (Phi) is 3.09. The molecular formula is C18H13F2N5O. The molecule has 2 atom stereocenters. The molecule has 4 aromatic rings. The summed E-state index contributed by atoms with van der Waals surface area (Å²) in [6, 6.07) is 7.13. The SMILES string of the molecule is O=C(Nc1cc2cc(-c3cnc4[nH]cc(F)c4c3)ccn2n1)[C@@H]1C[C@@H]1F. The van der Waals surface area contributed by atoms with E-state index < -0.39 is 12.1 Å². The van der Waals surface area contributed by atoms with Crippen molar-refractivity contribution in [3.05, 3.63) is 48.7 Å². The zero-order valence-corrected chi connectivity index (χ0v) is 13.4. The number of H-pyrrole nitrogens is 1. The number of amides is 1. The van der Waals surface area contributed by atoms with Crippen LogP contribution in [0, 0.1) is 11.7 Å². The van der Waals surface area contributed by atoms with Gasteiger partial charge in [-0.05, 0) is 30.2 Å². The number of pyridine rings is 2. The van der Waals surface area contributed by atoms with Crippen LogP contribution >= 0.6 is 0 Å². The molecule has 0 spiro atoms. The third-order valence-corrected chi connectivity index (χ3v) is 4.58. The highest BCUT2D eigenvalue weighted by Gasteiger charge is 2.43. The van der Waals surface area contributed by atoms with Gasteiger partial charge in [-0.1, -0.05) is 0 Å². The number of nitrogens with zero attached hydrogens (tertiary/aromatic N) is 3. The summed E-state index contributed by atoms with van der Waals surface area (Å²) in [5.41, 5.74) is 2.85. The largest absolute Gasteiger partial charge is 0.343 e. The number of aromatic amines is 1. The lowest BCUT2D eigenvalue weighted by molar-refractivity contribution is -0.117. The first-order valence-corrected chi connectivity index (χ1v) is 8.16. The van der Waals surface area contributed by atoms with Crippen molar-refractivity contribution >= 4 is 28.3 Å². The molecule has 0 radical (unpaired) electrons. The summed E-state index contributed by atoms with van der Waals surface area (Å²) in [7, 11) is 0. The molecule has 2 N–H and O–H groups in total. The molecule has 0 unspecified atom stereocenters. The van der Waals surface area contributed by atoms with Gasteiger partial charge in [0.25, 0.3) is 0 Å². The number of carbonyl (C=O) groups excluding carboxylic acids is 1. The maximum absolute atomic E-state index is 13.8. The summed E-state index contributed by atoms with van der Waals surface area (Å²) < 4.78 is 28.3.